The maximum Gasteiger partial charge on any atom is 0.173 e. The summed E-state index contributed by atoms with van der Waals surface area (Å²) < 4.78 is 18.6. The van der Waals surface area contributed by atoms with Crippen LogP contribution in [0.15, 0.2) is 0 Å². The Balaban J connectivity index is 1.56. The predicted octanol–water partition coefficient (Wildman–Crippen LogP) is 8.30. The van der Waals surface area contributed by atoms with Crippen molar-refractivity contribution >= 4 is 0 Å². The van der Waals surface area contributed by atoms with Gasteiger partial charge in [-0.2, -0.15) is 0 Å². The van der Waals surface area contributed by atoms with Gasteiger partial charge >= 0.3 is 0 Å². The molecule has 2 atom stereocenters. The van der Waals surface area contributed by atoms with Crippen molar-refractivity contribution in [2.75, 3.05) is 13.2 Å². The SMILES string of the molecule is CCCCCCCCCCC1(OC2(CCCCCCCCCC)CCO2)CCO1. The van der Waals surface area contributed by atoms with Crippen molar-refractivity contribution in [2.45, 2.75) is 154 Å². The maximum absolute atomic E-state index is 6.57. The summed E-state index contributed by atoms with van der Waals surface area (Å²) in [4.78, 5) is 0. The molecule has 2 heterocycles. The number of unbranched alkanes of at least 4 members (excludes halogenated alkanes) is 14. The predicted molar refractivity (Wildman–Crippen MR) is 122 cm³/mol. The molecule has 0 saturated carbocycles. The third-order valence-corrected chi connectivity index (χ3v) is 6.89. The van der Waals surface area contributed by atoms with Gasteiger partial charge in [-0.25, -0.2) is 0 Å². The molecule has 2 fully saturated rings. The zero-order chi connectivity index (χ0) is 20.7. The van der Waals surface area contributed by atoms with E-state index in [1.165, 1.54) is 103 Å². The molecule has 0 aromatic heterocycles. The highest BCUT2D eigenvalue weighted by atomic mass is 16.8. The topological polar surface area (TPSA) is 27.7 Å². The number of hydrogen-bond donors (Lipinski definition) is 0. The zero-order valence-corrected chi connectivity index (χ0v) is 19.8. The molecule has 3 heteroatoms. The summed E-state index contributed by atoms with van der Waals surface area (Å²) in [5.41, 5.74) is 0. The highest BCUT2D eigenvalue weighted by Crippen LogP contribution is 2.44. The van der Waals surface area contributed by atoms with Gasteiger partial charge in [0.15, 0.2) is 11.6 Å². The van der Waals surface area contributed by atoms with Gasteiger partial charge in [0.2, 0.25) is 0 Å². The summed E-state index contributed by atoms with van der Waals surface area (Å²) in [5, 5.41) is 0. The maximum atomic E-state index is 6.57. The molecule has 0 radical (unpaired) electrons. The van der Waals surface area contributed by atoms with Crippen LogP contribution >= 0.6 is 0 Å². The van der Waals surface area contributed by atoms with E-state index in [1.54, 1.807) is 0 Å². The summed E-state index contributed by atoms with van der Waals surface area (Å²) >= 11 is 0. The smallest absolute Gasteiger partial charge is 0.173 e. The van der Waals surface area contributed by atoms with Crippen LogP contribution < -0.4 is 0 Å². The highest BCUT2D eigenvalue weighted by Gasteiger charge is 2.50. The van der Waals surface area contributed by atoms with Crippen molar-refractivity contribution in [3.63, 3.8) is 0 Å². The normalized spacial score (nSPS) is 26.3. The molecule has 0 N–H and O–H groups in total. The van der Waals surface area contributed by atoms with Gasteiger partial charge in [0.25, 0.3) is 0 Å². The van der Waals surface area contributed by atoms with Crippen molar-refractivity contribution in [1.82, 2.24) is 0 Å². The summed E-state index contributed by atoms with van der Waals surface area (Å²) in [6.07, 6.45) is 25.8. The average molecular weight is 411 g/mol. The van der Waals surface area contributed by atoms with E-state index in [0.717, 1.165) is 38.9 Å². The first-order valence-electron chi connectivity index (χ1n) is 13.2. The zero-order valence-electron chi connectivity index (χ0n) is 19.8. The minimum Gasteiger partial charge on any atom is -0.349 e. The molecule has 2 rings (SSSR count). The van der Waals surface area contributed by atoms with Gasteiger partial charge in [0.05, 0.1) is 13.2 Å². The quantitative estimate of drug-likeness (QED) is 0.189. The van der Waals surface area contributed by atoms with Crippen LogP contribution in [0.2, 0.25) is 0 Å². The summed E-state index contributed by atoms with van der Waals surface area (Å²) in [5.74, 6) is -0.661. The van der Waals surface area contributed by atoms with Gasteiger partial charge in [0.1, 0.15) is 0 Å². The molecule has 0 bridgehead atoms. The Kier molecular flexibility index (Phi) is 12.8. The minimum atomic E-state index is -0.331. The number of ether oxygens (including phenoxy) is 3. The summed E-state index contributed by atoms with van der Waals surface area (Å²) in [7, 11) is 0. The third-order valence-electron chi connectivity index (χ3n) is 6.89. The molecular weight excluding hydrogens is 360 g/mol. The van der Waals surface area contributed by atoms with Crippen molar-refractivity contribution in [3.8, 4) is 0 Å². The van der Waals surface area contributed by atoms with Crippen molar-refractivity contribution in [1.29, 1.82) is 0 Å². The molecule has 0 spiro atoms. The molecule has 0 aromatic rings. The first-order chi connectivity index (χ1) is 14.2. The van der Waals surface area contributed by atoms with Crippen LogP contribution in [-0.2, 0) is 14.2 Å². The molecule has 0 aromatic carbocycles. The van der Waals surface area contributed by atoms with Gasteiger partial charge in [0, 0.05) is 25.7 Å². The fourth-order valence-corrected chi connectivity index (χ4v) is 4.71. The Morgan fingerprint density at radius 1 is 0.517 bits per heavy atom. The van der Waals surface area contributed by atoms with Crippen LogP contribution in [0.3, 0.4) is 0 Å². The van der Waals surface area contributed by atoms with Crippen molar-refractivity contribution in [3.05, 3.63) is 0 Å². The van der Waals surface area contributed by atoms with E-state index >= 15 is 0 Å². The monoisotopic (exact) mass is 410 g/mol. The first-order valence-corrected chi connectivity index (χ1v) is 13.2. The van der Waals surface area contributed by atoms with Crippen LogP contribution in [0, 0.1) is 0 Å². The summed E-state index contributed by atoms with van der Waals surface area (Å²) in [6.45, 7) is 6.27. The van der Waals surface area contributed by atoms with Crippen molar-refractivity contribution < 1.29 is 14.2 Å². The molecule has 2 unspecified atom stereocenters. The van der Waals surface area contributed by atoms with Gasteiger partial charge in [-0.1, -0.05) is 104 Å². The van der Waals surface area contributed by atoms with E-state index in [9.17, 15) is 0 Å². The van der Waals surface area contributed by atoms with E-state index in [4.69, 9.17) is 14.2 Å². The van der Waals surface area contributed by atoms with Gasteiger partial charge in [-0.15, -0.1) is 0 Å². The summed E-state index contributed by atoms with van der Waals surface area (Å²) in [6, 6.07) is 0. The lowest BCUT2D eigenvalue weighted by Gasteiger charge is -2.51. The fraction of sp³-hybridized carbons (Fsp3) is 1.00. The van der Waals surface area contributed by atoms with Gasteiger partial charge in [-0.05, 0) is 12.8 Å². The lowest BCUT2D eigenvalue weighted by molar-refractivity contribution is -0.432. The Bertz CT molecular complexity index is 351. The Morgan fingerprint density at radius 2 is 0.828 bits per heavy atom. The molecular formula is C26H50O3. The Morgan fingerprint density at radius 3 is 1.10 bits per heavy atom. The van der Waals surface area contributed by atoms with Crippen LogP contribution in [0.25, 0.3) is 0 Å². The van der Waals surface area contributed by atoms with E-state index < -0.39 is 0 Å². The molecule has 29 heavy (non-hydrogen) atoms. The molecule has 172 valence electrons. The van der Waals surface area contributed by atoms with Gasteiger partial charge < -0.3 is 14.2 Å². The molecule has 2 aliphatic rings. The van der Waals surface area contributed by atoms with E-state index in [2.05, 4.69) is 13.8 Å². The first kappa shape index (κ1) is 25.1. The molecule has 0 aliphatic carbocycles. The minimum absolute atomic E-state index is 0.331. The Labute approximate surface area is 181 Å². The highest BCUT2D eigenvalue weighted by molar-refractivity contribution is 4.86. The molecule has 0 amide bonds. The van der Waals surface area contributed by atoms with Crippen molar-refractivity contribution in [2.24, 2.45) is 0 Å². The second kappa shape index (κ2) is 14.8. The largest absolute Gasteiger partial charge is 0.349 e. The molecule has 2 saturated heterocycles. The molecule has 2 aliphatic heterocycles. The Hall–Kier alpha value is -0.120. The van der Waals surface area contributed by atoms with Crippen LogP contribution in [-0.4, -0.2) is 24.8 Å². The van der Waals surface area contributed by atoms with E-state index in [1.807, 2.05) is 0 Å². The average Bonchev–Trinajstić information content (AvgIpc) is 2.67. The van der Waals surface area contributed by atoms with Crippen LogP contribution in [0.5, 0.6) is 0 Å². The number of hydrogen-bond acceptors (Lipinski definition) is 3. The van der Waals surface area contributed by atoms with Crippen LogP contribution in [0.4, 0.5) is 0 Å². The van der Waals surface area contributed by atoms with Crippen LogP contribution in [0.1, 0.15) is 142 Å². The van der Waals surface area contributed by atoms with Gasteiger partial charge in [-0.3, -0.25) is 0 Å². The van der Waals surface area contributed by atoms with E-state index in [0.29, 0.717) is 0 Å². The standard InChI is InChI=1S/C26H50O3/c1-3-5-7-9-11-13-15-17-19-25(21-23-27-25)29-26(22-24-28-26)20-18-16-14-12-10-8-6-4-2/h3-24H2,1-2H3. The number of rotatable bonds is 20. The molecule has 3 nitrogen and oxygen atoms in total. The van der Waals surface area contributed by atoms with E-state index in [-0.39, 0.29) is 11.6 Å². The third kappa shape index (κ3) is 9.70. The second-order valence-corrected chi connectivity index (χ2v) is 9.57. The lowest BCUT2D eigenvalue weighted by atomic mass is 9.95. The second-order valence-electron chi connectivity index (χ2n) is 9.57. The fourth-order valence-electron chi connectivity index (χ4n) is 4.71. The lowest BCUT2D eigenvalue weighted by Crippen LogP contribution is -2.57.